The van der Waals surface area contributed by atoms with Crippen LogP contribution < -0.4 is 10.9 Å². The molecule has 0 spiro atoms. The van der Waals surface area contributed by atoms with Crippen LogP contribution in [0.5, 0.6) is 0 Å². The highest BCUT2D eigenvalue weighted by Gasteiger charge is 2.09. The van der Waals surface area contributed by atoms with E-state index in [4.69, 9.17) is 10.9 Å². The topological polar surface area (TPSA) is 117 Å². The van der Waals surface area contributed by atoms with Crippen LogP contribution in [0.3, 0.4) is 0 Å². The molecule has 1 aromatic carbocycles. The van der Waals surface area contributed by atoms with Gasteiger partial charge < -0.3 is 10.3 Å². The van der Waals surface area contributed by atoms with Gasteiger partial charge in [-0.1, -0.05) is 12.1 Å². The van der Waals surface area contributed by atoms with Gasteiger partial charge in [0.25, 0.3) is 0 Å². The number of imidazole rings is 1. The van der Waals surface area contributed by atoms with Crippen molar-refractivity contribution in [3.05, 3.63) is 60.6 Å². The largest absolute Gasteiger partial charge is 0.384 e. The molecule has 0 amide bonds. The predicted molar refractivity (Wildman–Crippen MR) is 86.8 cm³/mol. The Morgan fingerprint density at radius 3 is 2.43 bits per heavy atom. The first-order chi connectivity index (χ1) is 10.9. The molecule has 118 valence electrons. The molecule has 2 aromatic heterocycles. The zero-order chi connectivity index (χ0) is 16.4. The van der Waals surface area contributed by atoms with Crippen LogP contribution in [-0.2, 0) is 16.6 Å². The van der Waals surface area contributed by atoms with E-state index in [0.29, 0.717) is 12.4 Å². The molecule has 4 N–H and O–H groups in total. The first kappa shape index (κ1) is 15.2. The summed E-state index contributed by atoms with van der Waals surface area (Å²) in [7, 11) is -3.68. The number of hydrogen-bond acceptors (Lipinski definition) is 5. The molecule has 0 bridgehead atoms. The van der Waals surface area contributed by atoms with Gasteiger partial charge in [0.2, 0.25) is 10.0 Å². The monoisotopic (exact) mass is 329 g/mol. The van der Waals surface area contributed by atoms with Crippen LogP contribution in [0.4, 0.5) is 5.82 Å². The SMILES string of the molecule is Nc1cc(-c2nccn2Cc2ccc(S(N)(=O)=O)cc2)ccn1. The first-order valence-electron chi connectivity index (χ1n) is 6.78. The number of pyridine rings is 1. The number of anilines is 1. The summed E-state index contributed by atoms with van der Waals surface area (Å²) < 4.78 is 24.5. The summed E-state index contributed by atoms with van der Waals surface area (Å²) in [5.74, 6) is 1.18. The molecule has 0 fully saturated rings. The molecule has 0 atom stereocenters. The third-order valence-electron chi connectivity index (χ3n) is 3.36. The summed E-state index contributed by atoms with van der Waals surface area (Å²) >= 11 is 0. The standard InChI is InChI=1S/C15H15N5O2S/c16-14-9-12(5-6-18-14)15-19-7-8-20(15)10-11-1-3-13(4-2-11)23(17,21)22/h1-9H,10H2,(H2,16,18)(H2,17,21,22). The lowest BCUT2D eigenvalue weighted by Crippen LogP contribution is -2.12. The maximum atomic E-state index is 11.3. The van der Waals surface area contributed by atoms with Crippen molar-refractivity contribution in [3.63, 3.8) is 0 Å². The Morgan fingerprint density at radius 1 is 1.04 bits per heavy atom. The van der Waals surface area contributed by atoms with Crippen LogP contribution in [0.25, 0.3) is 11.4 Å². The molecule has 3 rings (SSSR count). The third-order valence-corrected chi connectivity index (χ3v) is 4.29. The summed E-state index contributed by atoms with van der Waals surface area (Å²) in [5, 5.41) is 5.10. The van der Waals surface area contributed by atoms with Crippen molar-refractivity contribution >= 4 is 15.8 Å². The van der Waals surface area contributed by atoms with Crippen LogP contribution in [0.1, 0.15) is 5.56 Å². The minimum atomic E-state index is -3.68. The van der Waals surface area contributed by atoms with E-state index in [1.165, 1.54) is 12.1 Å². The second-order valence-electron chi connectivity index (χ2n) is 5.04. The van der Waals surface area contributed by atoms with Gasteiger partial charge in [0.05, 0.1) is 4.90 Å². The number of primary sulfonamides is 1. The van der Waals surface area contributed by atoms with Crippen LogP contribution in [0.2, 0.25) is 0 Å². The summed E-state index contributed by atoms with van der Waals surface area (Å²) in [6.07, 6.45) is 5.18. The van der Waals surface area contributed by atoms with Gasteiger partial charge in [-0.25, -0.2) is 23.5 Å². The molecule has 0 unspecified atom stereocenters. The van der Waals surface area contributed by atoms with Gasteiger partial charge in [-0.3, -0.25) is 0 Å². The Morgan fingerprint density at radius 2 is 1.78 bits per heavy atom. The number of sulfonamides is 1. The number of benzene rings is 1. The molecule has 0 aliphatic rings. The van der Waals surface area contributed by atoms with Crippen molar-refractivity contribution in [1.29, 1.82) is 0 Å². The van der Waals surface area contributed by atoms with E-state index in [0.717, 1.165) is 17.0 Å². The maximum absolute atomic E-state index is 11.3. The van der Waals surface area contributed by atoms with Crippen LogP contribution in [-0.4, -0.2) is 23.0 Å². The molecule has 0 radical (unpaired) electrons. The highest BCUT2D eigenvalue weighted by Crippen LogP contribution is 2.20. The van der Waals surface area contributed by atoms with E-state index < -0.39 is 10.0 Å². The van der Waals surface area contributed by atoms with Gasteiger partial charge in [-0.15, -0.1) is 0 Å². The van der Waals surface area contributed by atoms with Crippen molar-refractivity contribution in [2.75, 3.05) is 5.73 Å². The number of nitrogen functional groups attached to an aromatic ring is 1. The number of hydrogen-bond donors (Lipinski definition) is 2. The summed E-state index contributed by atoms with van der Waals surface area (Å²) in [4.78, 5) is 8.40. The van der Waals surface area contributed by atoms with Crippen LogP contribution >= 0.6 is 0 Å². The van der Waals surface area contributed by atoms with Gasteiger partial charge >= 0.3 is 0 Å². The average Bonchev–Trinajstić information content (AvgIpc) is 2.95. The quantitative estimate of drug-likeness (QED) is 0.746. The third kappa shape index (κ3) is 3.38. The van der Waals surface area contributed by atoms with Crippen molar-refractivity contribution in [2.45, 2.75) is 11.4 Å². The molecule has 8 heteroatoms. The van der Waals surface area contributed by atoms with Crippen molar-refractivity contribution in [2.24, 2.45) is 5.14 Å². The van der Waals surface area contributed by atoms with Gasteiger partial charge in [-0.2, -0.15) is 0 Å². The highest BCUT2D eigenvalue weighted by atomic mass is 32.2. The molecular weight excluding hydrogens is 314 g/mol. The smallest absolute Gasteiger partial charge is 0.238 e. The van der Waals surface area contributed by atoms with Crippen molar-refractivity contribution in [1.82, 2.24) is 14.5 Å². The summed E-state index contributed by atoms with van der Waals surface area (Å²) in [6, 6.07) is 10.0. The lowest BCUT2D eigenvalue weighted by molar-refractivity contribution is 0.597. The zero-order valence-electron chi connectivity index (χ0n) is 12.1. The maximum Gasteiger partial charge on any atom is 0.238 e. The minimum absolute atomic E-state index is 0.0917. The molecule has 0 saturated carbocycles. The van der Waals surface area contributed by atoms with Gasteiger partial charge in [0.15, 0.2) is 0 Å². The molecule has 3 aromatic rings. The lowest BCUT2D eigenvalue weighted by atomic mass is 10.2. The van der Waals surface area contributed by atoms with Crippen LogP contribution in [0, 0.1) is 0 Å². The summed E-state index contributed by atoms with van der Waals surface area (Å²) in [6.45, 7) is 0.544. The van der Waals surface area contributed by atoms with Gasteiger partial charge in [-0.05, 0) is 29.8 Å². The number of aromatic nitrogens is 3. The second-order valence-corrected chi connectivity index (χ2v) is 6.60. The first-order valence-corrected chi connectivity index (χ1v) is 8.33. The summed E-state index contributed by atoms with van der Waals surface area (Å²) in [5.41, 5.74) is 7.50. The fourth-order valence-corrected chi connectivity index (χ4v) is 2.78. The fraction of sp³-hybridized carbons (Fsp3) is 0.0667. The molecule has 7 nitrogen and oxygen atoms in total. The van der Waals surface area contributed by atoms with Gasteiger partial charge in [0.1, 0.15) is 11.6 Å². The van der Waals surface area contributed by atoms with Crippen molar-refractivity contribution < 1.29 is 8.42 Å². The average molecular weight is 329 g/mol. The highest BCUT2D eigenvalue weighted by molar-refractivity contribution is 7.89. The number of nitrogens with two attached hydrogens (primary N) is 2. The van der Waals surface area contributed by atoms with E-state index >= 15 is 0 Å². The predicted octanol–water partition coefficient (Wildman–Crippen LogP) is 1.22. The molecule has 2 heterocycles. The molecule has 0 saturated heterocycles. The van der Waals surface area contributed by atoms with Crippen molar-refractivity contribution in [3.8, 4) is 11.4 Å². The molecule has 23 heavy (non-hydrogen) atoms. The Balaban J connectivity index is 1.89. The van der Waals surface area contributed by atoms with E-state index in [1.807, 2.05) is 16.8 Å². The molecular formula is C15H15N5O2S. The lowest BCUT2D eigenvalue weighted by Gasteiger charge is -2.09. The molecule has 0 aliphatic heterocycles. The Bertz CT molecular complexity index is 933. The normalized spacial score (nSPS) is 11.5. The Hall–Kier alpha value is -2.71. The number of rotatable bonds is 4. The van der Waals surface area contributed by atoms with Crippen LogP contribution in [0.15, 0.2) is 59.9 Å². The molecule has 0 aliphatic carbocycles. The van der Waals surface area contributed by atoms with E-state index in [-0.39, 0.29) is 4.90 Å². The van der Waals surface area contributed by atoms with E-state index in [9.17, 15) is 8.42 Å². The van der Waals surface area contributed by atoms with Gasteiger partial charge in [0, 0.05) is 30.7 Å². The minimum Gasteiger partial charge on any atom is -0.384 e. The van der Waals surface area contributed by atoms with E-state index in [2.05, 4.69) is 9.97 Å². The number of nitrogens with zero attached hydrogens (tertiary/aromatic N) is 3. The fourth-order valence-electron chi connectivity index (χ4n) is 2.27. The Kier molecular flexibility index (Phi) is 3.85. The second kappa shape index (κ2) is 5.82. The Labute approximate surface area is 133 Å². The zero-order valence-corrected chi connectivity index (χ0v) is 12.9. The van der Waals surface area contributed by atoms with E-state index in [1.54, 1.807) is 30.6 Å².